The lowest BCUT2D eigenvalue weighted by Gasteiger charge is -2.01. The monoisotopic (exact) mass is 274 g/mol. The summed E-state index contributed by atoms with van der Waals surface area (Å²) in [7, 11) is 0. The van der Waals surface area contributed by atoms with Crippen LogP contribution in [0.5, 0.6) is 0 Å². The molecule has 0 atom stereocenters. The average Bonchev–Trinajstić information content (AvgIpc) is 2.41. The van der Waals surface area contributed by atoms with Crippen LogP contribution >= 0.6 is 23.5 Å². The Morgan fingerprint density at radius 2 is 1.39 bits per heavy atom. The molecule has 0 aliphatic carbocycles. The molecule has 0 spiro atoms. The van der Waals surface area contributed by atoms with Crippen molar-refractivity contribution >= 4 is 28.6 Å². The molecule has 2 aromatic rings. The fraction of sp³-hybridized carbons (Fsp3) is 0.133. The largest absolute Gasteiger partial charge is 0.287 e. The van der Waals surface area contributed by atoms with E-state index in [-0.39, 0.29) is 5.12 Å². The summed E-state index contributed by atoms with van der Waals surface area (Å²) in [5.41, 5.74) is 0. The van der Waals surface area contributed by atoms with Gasteiger partial charge in [-0.15, -0.1) is 11.8 Å². The normalized spacial score (nSPS) is 10.2. The van der Waals surface area contributed by atoms with Gasteiger partial charge in [-0.05, 0) is 24.3 Å². The molecular weight excluding hydrogens is 260 g/mol. The van der Waals surface area contributed by atoms with Crippen molar-refractivity contribution in [1.29, 1.82) is 0 Å². The molecule has 0 amide bonds. The van der Waals surface area contributed by atoms with Crippen LogP contribution in [0.15, 0.2) is 70.5 Å². The zero-order chi connectivity index (χ0) is 12.6. The second-order valence-corrected chi connectivity index (χ2v) is 6.00. The van der Waals surface area contributed by atoms with Gasteiger partial charge >= 0.3 is 0 Å². The molecule has 18 heavy (non-hydrogen) atoms. The van der Waals surface area contributed by atoms with E-state index in [0.717, 1.165) is 10.6 Å². The summed E-state index contributed by atoms with van der Waals surface area (Å²) in [4.78, 5) is 14.0. The molecule has 0 radical (unpaired) electrons. The number of carbonyl (C=O) groups excluding carboxylic acids is 1. The lowest BCUT2D eigenvalue weighted by Crippen LogP contribution is -1.93. The third kappa shape index (κ3) is 4.59. The highest BCUT2D eigenvalue weighted by molar-refractivity contribution is 8.13. The van der Waals surface area contributed by atoms with E-state index in [2.05, 4.69) is 12.1 Å². The van der Waals surface area contributed by atoms with Crippen LogP contribution in [-0.2, 0) is 4.79 Å². The molecule has 0 heterocycles. The molecule has 0 fully saturated rings. The highest BCUT2D eigenvalue weighted by Gasteiger charge is 2.04. The first-order valence-electron chi connectivity index (χ1n) is 5.78. The molecule has 0 saturated carbocycles. The van der Waals surface area contributed by atoms with Crippen molar-refractivity contribution < 1.29 is 4.79 Å². The molecule has 0 aliphatic rings. The van der Waals surface area contributed by atoms with Gasteiger partial charge in [0.1, 0.15) is 0 Å². The van der Waals surface area contributed by atoms with Crippen LogP contribution in [0.1, 0.15) is 6.42 Å². The maximum Gasteiger partial charge on any atom is 0.194 e. The van der Waals surface area contributed by atoms with Gasteiger partial charge in [0, 0.05) is 22.0 Å². The van der Waals surface area contributed by atoms with Crippen LogP contribution < -0.4 is 0 Å². The van der Waals surface area contributed by atoms with E-state index in [1.54, 1.807) is 11.8 Å². The molecule has 0 aliphatic heterocycles. The first kappa shape index (κ1) is 13.2. The Morgan fingerprint density at radius 3 is 2.00 bits per heavy atom. The van der Waals surface area contributed by atoms with E-state index >= 15 is 0 Å². The molecule has 1 nitrogen and oxygen atoms in total. The highest BCUT2D eigenvalue weighted by atomic mass is 32.2. The van der Waals surface area contributed by atoms with Gasteiger partial charge in [0.05, 0.1) is 0 Å². The molecule has 0 bridgehead atoms. The lowest BCUT2D eigenvalue weighted by molar-refractivity contribution is -0.110. The van der Waals surface area contributed by atoms with E-state index in [4.69, 9.17) is 0 Å². The molecule has 0 aromatic heterocycles. The molecule has 0 N–H and O–H groups in total. The van der Waals surface area contributed by atoms with Crippen molar-refractivity contribution in [1.82, 2.24) is 0 Å². The predicted molar refractivity (Wildman–Crippen MR) is 79.1 cm³/mol. The van der Waals surface area contributed by atoms with E-state index in [1.807, 2.05) is 48.5 Å². The summed E-state index contributed by atoms with van der Waals surface area (Å²) in [5.74, 6) is 0.836. The Kier molecular flexibility index (Phi) is 5.36. The molecule has 2 rings (SSSR count). The Hall–Kier alpha value is -1.19. The Bertz CT molecular complexity index is 482. The molecule has 0 saturated heterocycles. The van der Waals surface area contributed by atoms with Crippen LogP contribution in [0, 0.1) is 0 Å². The topological polar surface area (TPSA) is 17.1 Å². The van der Waals surface area contributed by atoms with Gasteiger partial charge in [-0.1, -0.05) is 48.2 Å². The fourth-order valence-electron chi connectivity index (χ4n) is 1.44. The molecule has 3 heteroatoms. The first-order valence-corrected chi connectivity index (χ1v) is 7.58. The summed E-state index contributed by atoms with van der Waals surface area (Å²) >= 11 is 3.05. The lowest BCUT2D eigenvalue weighted by atomic mass is 10.4. The van der Waals surface area contributed by atoms with Crippen LogP contribution in [0.25, 0.3) is 0 Å². The molecule has 92 valence electrons. The minimum Gasteiger partial charge on any atom is -0.287 e. The van der Waals surface area contributed by atoms with Crippen molar-refractivity contribution in [2.24, 2.45) is 0 Å². The van der Waals surface area contributed by atoms with Crippen molar-refractivity contribution in [2.45, 2.75) is 16.2 Å². The zero-order valence-corrected chi connectivity index (χ0v) is 11.5. The van der Waals surface area contributed by atoms with Crippen molar-refractivity contribution in [3.8, 4) is 0 Å². The van der Waals surface area contributed by atoms with E-state index < -0.39 is 0 Å². The number of hydrogen-bond donors (Lipinski definition) is 0. The van der Waals surface area contributed by atoms with Crippen LogP contribution in [0.3, 0.4) is 0 Å². The number of thioether (sulfide) groups is 2. The van der Waals surface area contributed by atoms with Gasteiger partial charge in [-0.2, -0.15) is 0 Å². The summed E-state index contributed by atoms with van der Waals surface area (Å²) < 4.78 is 0. The van der Waals surface area contributed by atoms with Gasteiger partial charge in [0.15, 0.2) is 5.12 Å². The van der Waals surface area contributed by atoms with Gasteiger partial charge in [-0.3, -0.25) is 4.79 Å². The molecule has 0 unspecified atom stereocenters. The van der Waals surface area contributed by atoms with Gasteiger partial charge < -0.3 is 0 Å². The maximum absolute atomic E-state index is 11.8. The number of hydrogen-bond acceptors (Lipinski definition) is 3. The van der Waals surface area contributed by atoms with E-state index in [1.165, 1.54) is 16.7 Å². The second-order valence-electron chi connectivity index (χ2n) is 3.70. The minimum absolute atomic E-state index is 0.227. The van der Waals surface area contributed by atoms with Crippen molar-refractivity contribution in [3.05, 3.63) is 60.7 Å². The van der Waals surface area contributed by atoms with Gasteiger partial charge in [0.25, 0.3) is 0 Å². The minimum atomic E-state index is 0.227. The van der Waals surface area contributed by atoms with E-state index in [9.17, 15) is 4.79 Å². The fourth-order valence-corrected chi connectivity index (χ4v) is 3.20. The van der Waals surface area contributed by atoms with Crippen molar-refractivity contribution in [2.75, 3.05) is 5.75 Å². The van der Waals surface area contributed by atoms with Crippen LogP contribution in [-0.4, -0.2) is 10.9 Å². The number of carbonyl (C=O) groups is 1. The quantitative estimate of drug-likeness (QED) is 0.748. The number of rotatable bonds is 5. The standard InChI is InChI=1S/C15H14OS2/c16-15(18-14-9-5-2-6-10-14)11-12-17-13-7-3-1-4-8-13/h1-10H,11-12H2. The van der Waals surface area contributed by atoms with Crippen LogP contribution in [0.4, 0.5) is 0 Å². The third-order valence-electron chi connectivity index (χ3n) is 2.29. The second kappa shape index (κ2) is 7.29. The van der Waals surface area contributed by atoms with Gasteiger partial charge in [-0.25, -0.2) is 0 Å². The van der Waals surface area contributed by atoms with Crippen molar-refractivity contribution in [3.63, 3.8) is 0 Å². The van der Waals surface area contributed by atoms with Gasteiger partial charge in [0.2, 0.25) is 0 Å². The Balaban J connectivity index is 1.73. The Morgan fingerprint density at radius 1 is 0.833 bits per heavy atom. The number of benzene rings is 2. The molecule has 2 aromatic carbocycles. The summed E-state index contributed by atoms with van der Waals surface area (Å²) in [6.07, 6.45) is 0.596. The third-order valence-corrected chi connectivity index (χ3v) is 4.25. The average molecular weight is 274 g/mol. The molecular formula is C15H14OS2. The zero-order valence-electron chi connectivity index (χ0n) is 9.91. The van der Waals surface area contributed by atoms with E-state index in [0.29, 0.717) is 6.42 Å². The summed E-state index contributed by atoms with van der Waals surface area (Å²) in [5, 5.41) is 0.227. The maximum atomic E-state index is 11.8. The SMILES string of the molecule is O=C(CCSc1ccccc1)Sc1ccccc1. The highest BCUT2D eigenvalue weighted by Crippen LogP contribution is 2.23. The smallest absolute Gasteiger partial charge is 0.194 e. The predicted octanol–water partition coefficient (Wildman–Crippen LogP) is 4.49. The summed E-state index contributed by atoms with van der Waals surface area (Å²) in [6, 6.07) is 20.0. The Labute approximate surface area is 116 Å². The summed E-state index contributed by atoms with van der Waals surface area (Å²) in [6.45, 7) is 0. The first-order chi connectivity index (χ1) is 8.84. The van der Waals surface area contributed by atoms with Crippen LogP contribution in [0.2, 0.25) is 0 Å².